The Hall–Kier alpha value is 0.230. The summed E-state index contributed by atoms with van der Waals surface area (Å²) >= 11 is -3.95. The van der Waals surface area contributed by atoms with E-state index in [1.165, 1.54) is 8.90 Å². The second-order valence-electron chi connectivity index (χ2n) is 6.91. The van der Waals surface area contributed by atoms with Gasteiger partial charge in [-0.25, -0.2) is 0 Å². The van der Waals surface area contributed by atoms with E-state index >= 15 is 0 Å². The molecule has 0 bridgehead atoms. The molecule has 3 nitrogen and oxygen atoms in total. The van der Waals surface area contributed by atoms with E-state index in [4.69, 9.17) is 8.56 Å². The standard InChI is InChI=1S/C9H13.3C3H7O.Hf/c1-3-8(2)9-6-4-5-7-9;3*1-3(2)4;/h4,6,8H,3,5H2,1-2H3;3*3H,1-2H3;/q;3*-1;+3. The molecule has 0 aromatic heterocycles. The molecule has 0 saturated heterocycles. The molecule has 0 saturated carbocycles. The predicted molar refractivity (Wildman–Crippen MR) is 88.9 cm³/mol. The minimum atomic E-state index is -3.95. The van der Waals surface area contributed by atoms with Crippen LogP contribution in [-0.2, 0) is 29.8 Å². The van der Waals surface area contributed by atoms with E-state index in [1.807, 2.05) is 0 Å². The third-order valence-corrected chi connectivity index (χ3v) is 16.5. The summed E-state index contributed by atoms with van der Waals surface area (Å²) in [7, 11) is 0. The Morgan fingerprint density at radius 2 is 1.36 bits per heavy atom. The molecule has 0 spiro atoms. The first-order valence-electron chi connectivity index (χ1n) is 8.65. The Balaban J connectivity index is 3.32. The molecule has 1 atom stereocenters. The quantitative estimate of drug-likeness (QED) is 0.416. The first-order chi connectivity index (χ1) is 10.2. The number of hydrogen-bond acceptors (Lipinski definition) is 3. The molecule has 1 rings (SSSR count). The molecule has 0 aromatic carbocycles. The number of allylic oxidation sites excluding steroid dienone is 4. The zero-order valence-electron chi connectivity index (χ0n) is 15.6. The summed E-state index contributed by atoms with van der Waals surface area (Å²) in [6.07, 6.45) is 6.89. The third-order valence-electron chi connectivity index (χ3n) is 3.65. The van der Waals surface area contributed by atoms with Crippen LogP contribution in [0.3, 0.4) is 0 Å². The van der Waals surface area contributed by atoms with E-state index in [2.05, 4.69) is 67.5 Å². The van der Waals surface area contributed by atoms with E-state index in [0.717, 1.165) is 12.8 Å². The van der Waals surface area contributed by atoms with Gasteiger partial charge in [0.15, 0.2) is 0 Å². The maximum atomic E-state index is 6.45. The van der Waals surface area contributed by atoms with Crippen molar-refractivity contribution in [2.24, 2.45) is 5.92 Å². The molecule has 128 valence electrons. The summed E-state index contributed by atoms with van der Waals surface area (Å²) in [5, 5.41) is 0. The fourth-order valence-corrected chi connectivity index (χ4v) is 15.3. The summed E-state index contributed by atoms with van der Waals surface area (Å²) < 4.78 is 20.7. The average Bonchev–Trinajstić information content (AvgIpc) is 2.84. The molecule has 1 aliphatic rings. The van der Waals surface area contributed by atoms with E-state index < -0.39 is 21.3 Å². The first-order valence-corrected chi connectivity index (χ1v) is 14.8. The average molecular weight is 477 g/mol. The molecule has 0 aromatic rings. The predicted octanol–water partition coefficient (Wildman–Crippen LogP) is 5.42. The van der Waals surface area contributed by atoms with Crippen LogP contribution in [0, 0.1) is 5.92 Å². The van der Waals surface area contributed by atoms with Gasteiger partial charge in [0.1, 0.15) is 0 Å². The van der Waals surface area contributed by atoms with Gasteiger partial charge in [0.05, 0.1) is 0 Å². The molecule has 1 unspecified atom stereocenters. The Morgan fingerprint density at radius 3 is 1.73 bits per heavy atom. The Labute approximate surface area is 143 Å². The van der Waals surface area contributed by atoms with Gasteiger partial charge in [-0.2, -0.15) is 0 Å². The normalized spacial score (nSPS) is 17.4. The molecule has 4 heteroatoms. The Morgan fingerprint density at radius 1 is 0.909 bits per heavy atom. The second kappa shape index (κ2) is 8.91. The summed E-state index contributed by atoms with van der Waals surface area (Å²) in [4.78, 5) is 0. The summed E-state index contributed by atoms with van der Waals surface area (Å²) in [5.74, 6) is 0.524. The number of rotatable bonds is 9. The molecule has 0 N–H and O–H groups in total. The van der Waals surface area contributed by atoms with Crippen LogP contribution in [0.1, 0.15) is 68.2 Å². The zero-order valence-corrected chi connectivity index (χ0v) is 19.2. The van der Waals surface area contributed by atoms with Crippen LogP contribution in [0.4, 0.5) is 0 Å². The molecular weight excluding hydrogens is 443 g/mol. The van der Waals surface area contributed by atoms with Crippen molar-refractivity contribution in [3.8, 4) is 0 Å². The minimum absolute atomic E-state index is 0.116. The van der Waals surface area contributed by atoms with E-state index in [0.29, 0.717) is 5.92 Å². The molecule has 0 aliphatic heterocycles. The molecular formula is C18H34HfO3. The molecule has 0 amide bonds. The van der Waals surface area contributed by atoms with Crippen LogP contribution in [-0.4, -0.2) is 18.3 Å². The molecule has 1 aliphatic carbocycles. The van der Waals surface area contributed by atoms with Crippen molar-refractivity contribution in [2.75, 3.05) is 0 Å². The van der Waals surface area contributed by atoms with Crippen molar-refractivity contribution in [1.29, 1.82) is 0 Å². The van der Waals surface area contributed by atoms with Crippen molar-refractivity contribution in [2.45, 2.75) is 86.5 Å². The van der Waals surface area contributed by atoms with Crippen LogP contribution in [0.5, 0.6) is 0 Å². The van der Waals surface area contributed by atoms with Crippen molar-refractivity contribution < 1.29 is 29.8 Å². The SMILES string of the molecule is CCC(C)C1=[C]([Hf]([O]C(C)C)([O]C(C)C)[O]C(C)C)CC=C1. The number of hydrogen-bond donors (Lipinski definition) is 0. The van der Waals surface area contributed by atoms with Crippen LogP contribution in [0.2, 0.25) is 0 Å². The first kappa shape index (κ1) is 20.3. The zero-order chi connectivity index (χ0) is 16.9. The van der Waals surface area contributed by atoms with Gasteiger partial charge in [-0.3, -0.25) is 0 Å². The van der Waals surface area contributed by atoms with Gasteiger partial charge >= 0.3 is 143 Å². The van der Waals surface area contributed by atoms with Gasteiger partial charge in [0.25, 0.3) is 0 Å². The van der Waals surface area contributed by atoms with Crippen LogP contribution >= 0.6 is 0 Å². The van der Waals surface area contributed by atoms with E-state index in [-0.39, 0.29) is 18.3 Å². The molecule has 0 fully saturated rings. The fourth-order valence-electron chi connectivity index (χ4n) is 2.73. The summed E-state index contributed by atoms with van der Waals surface area (Å²) in [5.41, 5.74) is 1.39. The van der Waals surface area contributed by atoms with Gasteiger partial charge in [-0.15, -0.1) is 0 Å². The van der Waals surface area contributed by atoms with Gasteiger partial charge < -0.3 is 0 Å². The van der Waals surface area contributed by atoms with Gasteiger partial charge in [0, 0.05) is 0 Å². The van der Waals surface area contributed by atoms with Gasteiger partial charge in [-0.05, 0) is 0 Å². The third kappa shape index (κ3) is 5.40. The molecule has 22 heavy (non-hydrogen) atoms. The summed E-state index contributed by atoms with van der Waals surface area (Å²) in [6.45, 7) is 17.0. The van der Waals surface area contributed by atoms with Crippen LogP contribution in [0.25, 0.3) is 0 Å². The van der Waals surface area contributed by atoms with Crippen molar-refractivity contribution in [3.05, 3.63) is 21.1 Å². The maximum absolute atomic E-state index is 6.45. The summed E-state index contributed by atoms with van der Waals surface area (Å²) in [6, 6.07) is 0. The second-order valence-corrected chi connectivity index (χ2v) is 15.6. The van der Waals surface area contributed by atoms with Crippen molar-refractivity contribution >= 4 is 0 Å². The van der Waals surface area contributed by atoms with Gasteiger partial charge in [-0.1, -0.05) is 0 Å². The van der Waals surface area contributed by atoms with Crippen LogP contribution < -0.4 is 0 Å². The molecule has 0 heterocycles. The van der Waals surface area contributed by atoms with Crippen molar-refractivity contribution in [3.63, 3.8) is 0 Å². The van der Waals surface area contributed by atoms with E-state index in [1.54, 1.807) is 0 Å². The Bertz CT molecular complexity index is 384. The monoisotopic (exact) mass is 478 g/mol. The van der Waals surface area contributed by atoms with Crippen LogP contribution in [0.15, 0.2) is 21.1 Å². The molecule has 0 radical (unpaired) electrons. The van der Waals surface area contributed by atoms with Crippen molar-refractivity contribution in [1.82, 2.24) is 0 Å². The fraction of sp³-hybridized carbons (Fsp3) is 0.778. The Kier molecular flexibility index (Phi) is 8.21. The van der Waals surface area contributed by atoms with Gasteiger partial charge in [0.2, 0.25) is 0 Å². The topological polar surface area (TPSA) is 27.7 Å². The van der Waals surface area contributed by atoms with E-state index in [9.17, 15) is 0 Å².